The molecule has 0 aromatic carbocycles. The molecule has 0 unspecified atom stereocenters. The molecular weight excluding hydrogens is 769 g/mol. The molecule has 53 heavy (non-hydrogen) atoms. The summed E-state index contributed by atoms with van der Waals surface area (Å²) < 4.78 is 37.8. The van der Waals surface area contributed by atoms with Gasteiger partial charge in [-0.1, -0.05) is 112 Å². The Hall–Kier alpha value is -0.736. The van der Waals surface area contributed by atoms with Crippen molar-refractivity contribution in [2.75, 3.05) is 0 Å². The fourth-order valence-corrected chi connectivity index (χ4v) is 12.0. The minimum absolute atomic E-state index is 0.00806. The largest absolute Gasteiger partial charge is 0.386 e. The number of fused-ring (bicyclic) bond motifs is 2. The average molecular weight is 840 g/mol. The zero-order valence-corrected chi connectivity index (χ0v) is 37.6. The van der Waals surface area contributed by atoms with E-state index in [0.29, 0.717) is 0 Å². The van der Waals surface area contributed by atoms with Crippen LogP contribution in [0.3, 0.4) is 0 Å². The van der Waals surface area contributed by atoms with E-state index in [1.54, 1.807) is 0 Å². The molecule has 11 atom stereocenters. The van der Waals surface area contributed by atoms with Gasteiger partial charge in [0.2, 0.25) is 0 Å². The number of carbonyl (C=O) groups is 1. The molecule has 0 aromatic rings. The molecule has 1 N–H and O–H groups in total. The van der Waals surface area contributed by atoms with E-state index in [1.807, 2.05) is 23.2 Å². The SMILES string of the molecule is C=CC[C@@H]1O[C@@H](C=O)[C@H]2OC3(CCCCC3)O[C@H]2[C@H]1C.C=CC[C@@H]1O[C@@H]([C@@H](O)/C=C/[Si](C)(C)C)[C@H]2OC3(CCCCC3)O[C@H]2[C@H]1C.C[Si](C)(C)C=CBr. The van der Waals surface area contributed by atoms with Crippen molar-refractivity contribution in [3.63, 3.8) is 0 Å². The van der Waals surface area contributed by atoms with Crippen molar-refractivity contribution in [1.29, 1.82) is 0 Å². The first kappa shape index (κ1) is 45.0. The van der Waals surface area contributed by atoms with Gasteiger partial charge in [-0.25, -0.2) is 0 Å². The first-order valence-electron chi connectivity index (χ1n) is 20.3. The predicted octanol–water partition coefficient (Wildman–Crippen LogP) is 9.59. The van der Waals surface area contributed by atoms with E-state index in [0.717, 1.165) is 70.5 Å². The number of ether oxygens (including phenoxy) is 6. The van der Waals surface area contributed by atoms with E-state index < -0.39 is 39.9 Å². The number of aldehydes is 1. The molecule has 0 amide bonds. The summed E-state index contributed by atoms with van der Waals surface area (Å²) in [6.45, 7) is 25.6. The zero-order chi connectivity index (χ0) is 39.0. The van der Waals surface area contributed by atoms with Crippen molar-refractivity contribution >= 4 is 38.4 Å². The van der Waals surface area contributed by atoms with Gasteiger partial charge in [-0.3, -0.25) is 0 Å². The lowest BCUT2D eigenvalue weighted by atomic mass is 9.85. The van der Waals surface area contributed by atoms with Crippen LogP contribution >= 0.6 is 15.9 Å². The summed E-state index contributed by atoms with van der Waals surface area (Å²) in [7, 11) is -2.27. The van der Waals surface area contributed by atoms with Gasteiger partial charge < -0.3 is 38.3 Å². The molecule has 2 spiro atoms. The van der Waals surface area contributed by atoms with Crippen molar-refractivity contribution in [2.45, 2.75) is 197 Å². The van der Waals surface area contributed by atoms with Crippen LogP contribution in [0.5, 0.6) is 0 Å². The minimum atomic E-state index is -1.39. The maximum absolute atomic E-state index is 11.3. The van der Waals surface area contributed by atoms with Gasteiger partial charge in [0, 0.05) is 37.5 Å². The Morgan fingerprint density at radius 3 is 1.55 bits per heavy atom. The molecule has 0 aromatic heterocycles. The lowest BCUT2D eigenvalue weighted by Crippen LogP contribution is -2.55. The second-order valence-electron chi connectivity index (χ2n) is 18.3. The summed E-state index contributed by atoms with van der Waals surface area (Å²) in [6.07, 6.45) is 16.8. The van der Waals surface area contributed by atoms with Gasteiger partial charge in [0.1, 0.15) is 30.5 Å². The predicted molar refractivity (Wildman–Crippen MR) is 222 cm³/mol. The zero-order valence-electron chi connectivity index (χ0n) is 34.0. The topological polar surface area (TPSA) is 92.7 Å². The van der Waals surface area contributed by atoms with Crippen molar-refractivity contribution < 1.29 is 38.3 Å². The van der Waals surface area contributed by atoms with E-state index in [1.165, 1.54) is 12.8 Å². The molecule has 6 fully saturated rings. The number of carbonyl (C=O) groups excluding carboxylic acids is 1. The number of hydrogen-bond acceptors (Lipinski definition) is 8. The standard InChI is InChI=1S/C21H36O4Si.C16H24O4.C5H11BrSi/c1-6-10-17-15(2)18-20(25-21(24-18)12-8-7-9-13-21)19(23-17)16(22)11-14-26(3,4)5;1-3-7-12-11(2)14-15(13(10-17)18-12)20-16(19-14)8-5-4-6-9-16;1-7(2,3)5-4-6/h6,11,14-20,22H,1,7-10,12-13H2,2-5H3;3,10-15H,1,4-9H2,2H3;4-5H,1-3H3/b14-11+;;/t15-,16-,17-,18-,19-,20-;11-,12-,13-,14-,15+;/m00./s1. The van der Waals surface area contributed by atoms with Gasteiger partial charge in [0.05, 0.1) is 40.6 Å². The fraction of sp³-hybridized carbons (Fsp3) is 0.786. The van der Waals surface area contributed by atoms with Crippen LogP contribution in [0, 0.1) is 11.8 Å². The molecule has 0 bridgehead atoms. The Bertz CT molecular complexity index is 1230. The van der Waals surface area contributed by atoms with E-state index in [2.05, 4.69) is 93.6 Å². The van der Waals surface area contributed by atoms with Gasteiger partial charge in [-0.05, 0) is 43.5 Å². The highest BCUT2D eigenvalue weighted by atomic mass is 79.9. The summed E-state index contributed by atoms with van der Waals surface area (Å²) in [5, 5.41) is 10.9. The number of rotatable bonds is 9. The molecular formula is C42H71BrO8Si2. The van der Waals surface area contributed by atoms with Gasteiger partial charge in [-0.2, -0.15) is 0 Å². The summed E-state index contributed by atoms with van der Waals surface area (Å²) in [4.78, 5) is 13.3. The number of aliphatic hydroxyl groups excluding tert-OH is 1. The normalized spacial score (nSPS) is 36.9. The minimum Gasteiger partial charge on any atom is -0.386 e. The van der Waals surface area contributed by atoms with E-state index in [4.69, 9.17) is 28.4 Å². The Labute approximate surface area is 331 Å². The Morgan fingerprint density at radius 1 is 0.698 bits per heavy atom. The van der Waals surface area contributed by atoms with E-state index in [9.17, 15) is 9.90 Å². The molecule has 2 aliphatic carbocycles. The van der Waals surface area contributed by atoms with E-state index in [-0.39, 0.29) is 54.6 Å². The lowest BCUT2D eigenvalue weighted by molar-refractivity contribution is -0.204. The molecule has 302 valence electrons. The lowest BCUT2D eigenvalue weighted by Gasteiger charge is -2.42. The molecule has 6 aliphatic rings. The Morgan fingerprint density at radius 2 is 1.13 bits per heavy atom. The fourth-order valence-electron chi connectivity index (χ4n) is 8.46. The number of halogens is 1. The second-order valence-corrected chi connectivity index (χ2v) is 29.0. The first-order valence-corrected chi connectivity index (χ1v) is 28.4. The molecule has 6 rings (SSSR count). The van der Waals surface area contributed by atoms with Gasteiger partial charge in [0.15, 0.2) is 17.9 Å². The highest BCUT2D eigenvalue weighted by Gasteiger charge is 2.58. The van der Waals surface area contributed by atoms with Crippen molar-refractivity contribution in [1.82, 2.24) is 0 Å². The summed E-state index contributed by atoms with van der Waals surface area (Å²) >= 11 is 3.24. The van der Waals surface area contributed by atoms with Crippen LogP contribution in [0.4, 0.5) is 0 Å². The Kier molecular flexibility index (Phi) is 16.6. The Balaban J connectivity index is 0.000000205. The van der Waals surface area contributed by atoms with Gasteiger partial charge in [0.25, 0.3) is 0 Å². The highest BCUT2D eigenvalue weighted by molar-refractivity contribution is 9.11. The molecule has 0 radical (unpaired) electrons. The van der Waals surface area contributed by atoms with Crippen LogP contribution in [0.15, 0.2) is 47.8 Å². The monoisotopic (exact) mass is 838 g/mol. The second kappa shape index (κ2) is 19.6. The summed E-state index contributed by atoms with van der Waals surface area (Å²) in [5.41, 5.74) is 4.43. The molecule has 4 heterocycles. The maximum Gasteiger partial charge on any atom is 0.169 e. The third kappa shape index (κ3) is 12.1. The maximum atomic E-state index is 11.3. The number of aliphatic hydroxyl groups is 1. The summed E-state index contributed by atoms with van der Waals surface area (Å²) in [5.74, 6) is -0.483. The van der Waals surface area contributed by atoms with Gasteiger partial charge >= 0.3 is 0 Å². The van der Waals surface area contributed by atoms with Crippen LogP contribution in [-0.2, 0) is 33.2 Å². The first-order chi connectivity index (χ1) is 25.0. The molecule has 11 heteroatoms. The summed E-state index contributed by atoms with van der Waals surface area (Å²) in [6, 6.07) is 0. The smallest absolute Gasteiger partial charge is 0.169 e. The van der Waals surface area contributed by atoms with Crippen LogP contribution in [-0.4, -0.2) is 94.1 Å². The molecule has 4 aliphatic heterocycles. The van der Waals surface area contributed by atoms with E-state index >= 15 is 0 Å². The van der Waals surface area contributed by atoms with Crippen LogP contribution in [0.1, 0.15) is 90.9 Å². The van der Waals surface area contributed by atoms with Crippen LogP contribution in [0.25, 0.3) is 0 Å². The van der Waals surface area contributed by atoms with Crippen molar-refractivity contribution in [2.24, 2.45) is 11.8 Å². The molecule has 8 nitrogen and oxygen atoms in total. The van der Waals surface area contributed by atoms with Crippen LogP contribution < -0.4 is 0 Å². The molecule has 4 saturated heterocycles. The van der Waals surface area contributed by atoms with Crippen molar-refractivity contribution in [3.8, 4) is 0 Å². The third-order valence-electron chi connectivity index (χ3n) is 11.4. The number of hydrogen-bond donors (Lipinski definition) is 1. The van der Waals surface area contributed by atoms with Crippen LogP contribution in [0.2, 0.25) is 39.3 Å². The average Bonchev–Trinajstić information content (AvgIpc) is 3.66. The quantitative estimate of drug-likeness (QED) is 0.140. The van der Waals surface area contributed by atoms with Gasteiger partial charge in [-0.15, -0.1) is 13.2 Å². The highest BCUT2D eigenvalue weighted by Crippen LogP contribution is 2.48. The van der Waals surface area contributed by atoms with Crippen molar-refractivity contribution in [3.05, 3.63) is 47.8 Å². The third-order valence-corrected chi connectivity index (χ3v) is 14.5. The molecule has 2 saturated carbocycles.